The molecule has 0 aliphatic carbocycles. The zero-order chi connectivity index (χ0) is 14.0. The molecule has 3 nitrogen and oxygen atoms in total. The van der Waals surface area contributed by atoms with Gasteiger partial charge >= 0.3 is 0 Å². The van der Waals surface area contributed by atoms with Crippen LogP contribution < -0.4 is 5.32 Å². The van der Waals surface area contributed by atoms with Gasteiger partial charge in [0.2, 0.25) is 0 Å². The maximum Gasteiger partial charge on any atom is 0.120 e. The van der Waals surface area contributed by atoms with E-state index in [-0.39, 0.29) is 0 Å². The summed E-state index contributed by atoms with van der Waals surface area (Å²) < 4.78 is 0. The number of aryl methyl sites for hydroxylation is 3. The highest BCUT2D eigenvalue weighted by Gasteiger charge is 2.08. The third-order valence-electron chi connectivity index (χ3n) is 3.44. The van der Waals surface area contributed by atoms with E-state index >= 15 is 0 Å². The Morgan fingerprint density at radius 3 is 2.47 bits per heavy atom. The average Bonchev–Trinajstić information content (AvgIpc) is 2.80. The zero-order valence-corrected chi connectivity index (χ0v) is 12.5. The number of hydrogen-bond acceptors (Lipinski definition) is 2. The van der Waals surface area contributed by atoms with Crippen LogP contribution in [0.2, 0.25) is 0 Å². The normalized spacial score (nSPS) is 11.3. The predicted octanol–water partition coefficient (Wildman–Crippen LogP) is 3.50. The Balaban J connectivity index is 2.25. The van der Waals surface area contributed by atoms with Crippen molar-refractivity contribution in [2.45, 2.75) is 47.2 Å². The maximum absolute atomic E-state index is 4.44. The highest BCUT2D eigenvalue weighted by molar-refractivity contribution is 5.64. The van der Waals surface area contributed by atoms with Gasteiger partial charge in [-0.15, -0.1) is 0 Å². The molecule has 2 N–H and O–H groups in total. The van der Waals surface area contributed by atoms with Crippen LogP contribution >= 0.6 is 0 Å². The fourth-order valence-corrected chi connectivity index (χ4v) is 2.14. The Bertz CT molecular complexity index is 567. The Morgan fingerprint density at radius 1 is 1.11 bits per heavy atom. The molecule has 0 aliphatic rings. The number of benzene rings is 1. The van der Waals surface area contributed by atoms with E-state index in [1.165, 1.54) is 22.3 Å². The molecule has 0 fully saturated rings. The van der Waals surface area contributed by atoms with Crippen LogP contribution in [-0.4, -0.2) is 16.0 Å². The molecule has 1 heterocycles. The van der Waals surface area contributed by atoms with Gasteiger partial charge in [0.15, 0.2) is 0 Å². The Labute approximate surface area is 115 Å². The largest absolute Gasteiger partial charge is 0.341 e. The first kappa shape index (κ1) is 13.8. The minimum atomic E-state index is 0.469. The van der Waals surface area contributed by atoms with Gasteiger partial charge in [-0.1, -0.05) is 19.9 Å². The Morgan fingerprint density at radius 2 is 1.79 bits per heavy atom. The Hall–Kier alpha value is -1.61. The quantitative estimate of drug-likeness (QED) is 0.880. The summed E-state index contributed by atoms with van der Waals surface area (Å²) in [4.78, 5) is 7.84. The van der Waals surface area contributed by atoms with Crippen LogP contribution in [0.25, 0.3) is 11.3 Å². The van der Waals surface area contributed by atoms with Gasteiger partial charge in [0, 0.05) is 11.6 Å². The molecule has 0 atom stereocenters. The van der Waals surface area contributed by atoms with Crippen LogP contribution in [0.5, 0.6) is 0 Å². The zero-order valence-electron chi connectivity index (χ0n) is 12.5. The predicted molar refractivity (Wildman–Crippen MR) is 80.2 cm³/mol. The van der Waals surface area contributed by atoms with Gasteiger partial charge in [0.1, 0.15) is 5.82 Å². The van der Waals surface area contributed by atoms with Crippen LogP contribution in [0.15, 0.2) is 18.3 Å². The fourth-order valence-electron chi connectivity index (χ4n) is 2.14. The summed E-state index contributed by atoms with van der Waals surface area (Å²) in [6.07, 6.45) is 1.93. The van der Waals surface area contributed by atoms with E-state index in [2.05, 4.69) is 62.0 Å². The van der Waals surface area contributed by atoms with Crippen LogP contribution in [0, 0.1) is 20.8 Å². The summed E-state index contributed by atoms with van der Waals surface area (Å²) in [6.45, 7) is 11.5. The monoisotopic (exact) mass is 257 g/mol. The van der Waals surface area contributed by atoms with Crippen LogP contribution in [-0.2, 0) is 6.54 Å². The second kappa shape index (κ2) is 5.57. The number of nitrogens with zero attached hydrogens (tertiary/aromatic N) is 1. The lowest BCUT2D eigenvalue weighted by atomic mass is 9.99. The van der Waals surface area contributed by atoms with Crippen molar-refractivity contribution in [1.29, 1.82) is 0 Å². The topological polar surface area (TPSA) is 40.7 Å². The minimum Gasteiger partial charge on any atom is -0.341 e. The third kappa shape index (κ3) is 3.24. The number of hydrogen-bond donors (Lipinski definition) is 2. The van der Waals surface area contributed by atoms with Crippen molar-refractivity contribution in [1.82, 2.24) is 15.3 Å². The van der Waals surface area contributed by atoms with Crippen molar-refractivity contribution in [2.75, 3.05) is 0 Å². The first-order valence-electron chi connectivity index (χ1n) is 6.83. The number of rotatable bonds is 4. The second-order valence-electron chi connectivity index (χ2n) is 5.53. The summed E-state index contributed by atoms with van der Waals surface area (Å²) in [5.41, 5.74) is 6.28. The van der Waals surface area contributed by atoms with E-state index in [1.807, 2.05) is 6.20 Å². The molecule has 2 rings (SSSR count). The SMILES string of the molecule is Cc1cc(C)c(-c2cnc(CNC(C)C)[nH]2)cc1C. The molecule has 0 saturated carbocycles. The molecule has 0 radical (unpaired) electrons. The lowest BCUT2D eigenvalue weighted by molar-refractivity contribution is 0.575. The molecule has 102 valence electrons. The molecule has 2 aromatic rings. The standard InChI is InChI=1S/C16H23N3/c1-10(2)17-9-16-18-8-15(19-16)14-7-12(4)11(3)6-13(14)5/h6-8,10,17H,9H2,1-5H3,(H,18,19). The van der Waals surface area contributed by atoms with E-state index < -0.39 is 0 Å². The third-order valence-corrected chi connectivity index (χ3v) is 3.44. The van der Waals surface area contributed by atoms with Crippen molar-refractivity contribution < 1.29 is 0 Å². The number of H-pyrrole nitrogens is 1. The molecule has 3 heteroatoms. The van der Waals surface area contributed by atoms with Crippen molar-refractivity contribution in [3.8, 4) is 11.3 Å². The highest BCUT2D eigenvalue weighted by atomic mass is 15.0. The first-order chi connectivity index (χ1) is 8.97. The van der Waals surface area contributed by atoms with Crippen LogP contribution in [0.4, 0.5) is 0 Å². The lowest BCUT2D eigenvalue weighted by Crippen LogP contribution is -2.22. The van der Waals surface area contributed by atoms with Gasteiger partial charge in [-0.3, -0.25) is 0 Å². The summed E-state index contributed by atoms with van der Waals surface area (Å²) in [7, 11) is 0. The van der Waals surface area contributed by atoms with E-state index in [0.29, 0.717) is 6.04 Å². The fraction of sp³-hybridized carbons (Fsp3) is 0.438. The summed E-state index contributed by atoms with van der Waals surface area (Å²) >= 11 is 0. The van der Waals surface area contributed by atoms with Gasteiger partial charge in [-0.25, -0.2) is 4.98 Å². The molecule has 0 amide bonds. The molecule has 0 unspecified atom stereocenters. The van der Waals surface area contributed by atoms with Crippen molar-refractivity contribution in [3.63, 3.8) is 0 Å². The van der Waals surface area contributed by atoms with Gasteiger partial charge in [-0.2, -0.15) is 0 Å². The maximum atomic E-state index is 4.44. The molecule has 0 spiro atoms. The molecule has 19 heavy (non-hydrogen) atoms. The minimum absolute atomic E-state index is 0.469. The summed E-state index contributed by atoms with van der Waals surface area (Å²) in [6, 6.07) is 4.94. The smallest absolute Gasteiger partial charge is 0.120 e. The highest BCUT2D eigenvalue weighted by Crippen LogP contribution is 2.24. The van der Waals surface area contributed by atoms with E-state index in [1.54, 1.807) is 0 Å². The number of aromatic amines is 1. The average molecular weight is 257 g/mol. The molecule has 0 saturated heterocycles. The van der Waals surface area contributed by atoms with Crippen LogP contribution in [0.1, 0.15) is 36.4 Å². The van der Waals surface area contributed by atoms with E-state index in [4.69, 9.17) is 0 Å². The van der Waals surface area contributed by atoms with E-state index in [0.717, 1.165) is 18.1 Å². The number of aromatic nitrogens is 2. The van der Waals surface area contributed by atoms with Gasteiger partial charge in [0.25, 0.3) is 0 Å². The Kier molecular flexibility index (Phi) is 4.05. The molecule has 0 bridgehead atoms. The first-order valence-corrected chi connectivity index (χ1v) is 6.83. The molecule has 1 aromatic heterocycles. The number of imidazole rings is 1. The molecule has 1 aromatic carbocycles. The van der Waals surface area contributed by atoms with Crippen molar-refractivity contribution in [3.05, 3.63) is 40.8 Å². The summed E-state index contributed by atoms with van der Waals surface area (Å²) in [5, 5.41) is 3.37. The van der Waals surface area contributed by atoms with E-state index in [9.17, 15) is 0 Å². The van der Waals surface area contributed by atoms with Crippen LogP contribution in [0.3, 0.4) is 0 Å². The molecular formula is C16H23N3. The molecular weight excluding hydrogens is 234 g/mol. The number of nitrogens with one attached hydrogen (secondary N) is 2. The van der Waals surface area contributed by atoms with Gasteiger partial charge in [-0.05, 0) is 43.5 Å². The molecule has 0 aliphatic heterocycles. The van der Waals surface area contributed by atoms with Crippen molar-refractivity contribution in [2.24, 2.45) is 0 Å². The van der Waals surface area contributed by atoms with Crippen molar-refractivity contribution >= 4 is 0 Å². The summed E-state index contributed by atoms with van der Waals surface area (Å²) in [5.74, 6) is 0.987. The van der Waals surface area contributed by atoms with Gasteiger partial charge in [0.05, 0.1) is 18.4 Å². The second-order valence-corrected chi connectivity index (χ2v) is 5.53. The van der Waals surface area contributed by atoms with Gasteiger partial charge < -0.3 is 10.3 Å². The lowest BCUT2D eigenvalue weighted by Gasteiger charge is -2.08.